The highest BCUT2D eigenvalue weighted by Gasteiger charge is 2.05. The molecule has 0 atom stereocenters. The number of hydrogen-bond acceptors (Lipinski definition) is 4. The molecule has 68 valence electrons. The Morgan fingerprint density at radius 3 is 3.00 bits per heavy atom. The van der Waals surface area contributed by atoms with E-state index in [-0.39, 0.29) is 0 Å². The van der Waals surface area contributed by atoms with E-state index < -0.39 is 0 Å². The number of aromatic nitrogens is 4. The molecule has 0 amide bonds. The Labute approximate surface area is 79.2 Å². The highest BCUT2D eigenvalue weighted by atomic mass is 15.2. The van der Waals surface area contributed by atoms with Crippen LogP contribution >= 0.6 is 0 Å². The first-order chi connectivity index (χ1) is 6.86. The average molecular weight is 185 g/mol. The fraction of sp³-hybridized carbons (Fsp3) is 0. The van der Waals surface area contributed by atoms with Gasteiger partial charge in [0.15, 0.2) is 5.82 Å². The molecule has 0 saturated carbocycles. The van der Waals surface area contributed by atoms with Crippen molar-refractivity contribution in [3.63, 3.8) is 0 Å². The van der Waals surface area contributed by atoms with Gasteiger partial charge in [0.25, 0.3) is 0 Å². The summed E-state index contributed by atoms with van der Waals surface area (Å²) in [6, 6.07) is 7.73. The molecule has 0 fully saturated rings. The molecule has 1 aromatic carbocycles. The van der Waals surface area contributed by atoms with Crippen molar-refractivity contribution < 1.29 is 0 Å². The van der Waals surface area contributed by atoms with Crippen molar-refractivity contribution in [3.8, 4) is 0 Å². The van der Waals surface area contributed by atoms with Gasteiger partial charge in [-0.3, -0.25) is 4.40 Å². The predicted molar refractivity (Wildman–Crippen MR) is 52.7 cm³/mol. The average Bonchev–Trinajstić information content (AvgIpc) is 2.67. The van der Waals surface area contributed by atoms with Gasteiger partial charge >= 0.3 is 0 Å². The highest BCUT2D eigenvalue weighted by molar-refractivity contribution is 5.81. The van der Waals surface area contributed by atoms with Gasteiger partial charge in [0, 0.05) is 0 Å². The van der Waals surface area contributed by atoms with Crippen LogP contribution in [0.25, 0.3) is 16.7 Å². The minimum absolute atomic E-state index is 0.404. The SMILES string of the molecule is Nc1nc2ccccc2n2cnnc12. The molecule has 0 unspecified atom stereocenters. The summed E-state index contributed by atoms with van der Waals surface area (Å²) >= 11 is 0. The highest BCUT2D eigenvalue weighted by Crippen LogP contribution is 2.16. The van der Waals surface area contributed by atoms with Crippen molar-refractivity contribution >= 4 is 22.5 Å². The fourth-order valence-electron chi connectivity index (χ4n) is 1.53. The summed E-state index contributed by atoms with van der Waals surface area (Å²) in [6.07, 6.45) is 1.63. The summed E-state index contributed by atoms with van der Waals surface area (Å²) in [5.74, 6) is 0.404. The van der Waals surface area contributed by atoms with Crippen LogP contribution in [0.1, 0.15) is 0 Å². The minimum atomic E-state index is 0.404. The number of para-hydroxylation sites is 2. The molecule has 0 aliphatic carbocycles. The van der Waals surface area contributed by atoms with E-state index in [9.17, 15) is 0 Å². The molecule has 2 heterocycles. The normalized spacial score (nSPS) is 11.1. The Morgan fingerprint density at radius 1 is 1.21 bits per heavy atom. The lowest BCUT2D eigenvalue weighted by Gasteiger charge is -2.01. The number of benzene rings is 1. The zero-order valence-electron chi connectivity index (χ0n) is 7.25. The second kappa shape index (κ2) is 2.41. The van der Waals surface area contributed by atoms with Crippen molar-refractivity contribution in [2.45, 2.75) is 0 Å². The van der Waals surface area contributed by atoms with E-state index in [2.05, 4.69) is 15.2 Å². The van der Waals surface area contributed by atoms with Crippen LogP contribution in [0.3, 0.4) is 0 Å². The molecule has 2 N–H and O–H groups in total. The third-order valence-electron chi connectivity index (χ3n) is 2.16. The molecule has 0 saturated heterocycles. The molecule has 0 spiro atoms. The van der Waals surface area contributed by atoms with Crippen LogP contribution in [0.5, 0.6) is 0 Å². The molecule has 0 aliphatic heterocycles. The van der Waals surface area contributed by atoms with E-state index in [1.54, 1.807) is 6.33 Å². The van der Waals surface area contributed by atoms with Crippen LogP contribution < -0.4 is 5.73 Å². The molecule has 14 heavy (non-hydrogen) atoms. The second-order valence-corrected chi connectivity index (χ2v) is 3.01. The molecule has 5 nitrogen and oxygen atoms in total. The molecule has 0 radical (unpaired) electrons. The lowest BCUT2D eigenvalue weighted by molar-refractivity contribution is 1.11. The number of anilines is 1. The Bertz CT molecular complexity index is 613. The second-order valence-electron chi connectivity index (χ2n) is 3.01. The van der Waals surface area contributed by atoms with Crippen molar-refractivity contribution in [1.82, 2.24) is 19.6 Å². The lowest BCUT2D eigenvalue weighted by atomic mass is 10.3. The van der Waals surface area contributed by atoms with Gasteiger partial charge in [0.05, 0.1) is 11.0 Å². The maximum Gasteiger partial charge on any atom is 0.203 e. The topological polar surface area (TPSA) is 69.1 Å². The van der Waals surface area contributed by atoms with E-state index in [0.717, 1.165) is 11.0 Å². The maximum atomic E-state index is 5.73. The minimum Gasteiger partial charge on any atom is -0.381 e. The first kappa shape index (κ1) is 7.25. The Morgan fingerprint density at radius 2 is 2.07 bits per heavy atom. The summed E-state index contributed by atoms with van der Waals surface area (Å²) in [5, 5.41) is 7.70. The molecule has 0 aliphatic rings. The molecular formula is C9H7N5. The van der Waals surface area contributed by atoms with Gasteiger partial charge in [-0.1, -0.05) is 12.1 Å². The molecule has 3 rings (SSSR count). The van der Waals surface area contributed by atoms with Crippen molar-refractivity contribution in [2.24, 2.45) is 0 Å². The molecule has 0 bridgehead atoms. The molecule has 3 aromatic rings. The standard InChI is InChI=1S/C9H7N5/c10-8-9-13-11-5-14(9)7-4-2-1-3-6(7)12-8/h1-5H,(H2,10,12). The third kappa shape index (κ3) is 0.806. The summed E-state index contributed by atoms with van der Waals surface area (Å²) in [7, 11) is 0. The van der Waals surface area contributed by atoms with Crippen molar-refractivity contribution in [1.29, 1.82) is 0 Å². The number of nitrogens with zero attached hydrogens (tertiary/aromatic N) is 4. The zero-order chi connectivity index (χ0) is 9.54. The van der Waals surface area contributed by atoms with Gasteiger partial charge in [-0.05, 0) is 12.1 Å². The van der Waals surface area contributed by atoms with Crippen LogP contribution in [0, 0.1) is 0 Å². The zero-order valence-corrected chi connectivity index (χ0v) is 7.25. The van der Waals surface area contributed by atoms with Crippen LogP contribution in [0.2, 0.25) is 0 Å². The van der Waals surface area contributed by atoms with E-state index in [1.807, 2.05) is 28.7 Å². The summed E-state index contributed by atoms with van der Waals surface area (Å²) in [5.41, 5.74) is 8.14. The third-order valence-corrected chi connectivity index (χ3v) is 2.16. The summed E-state index contributed by atoms with van der Waals surface area (Å²) < 4.78 is 1.83. The smallest absolute Gasteiger partial charge is 0.203 e. The Kier molecular flexibility index (Phi) is 1.25. The number of rotatable bonds is 0. The first-order valence-corrected chi connectivity index (χ1v) is 4.20. The molecule has 5 heteroatoms. The van der Waals surface area contributed by atoms with E-state index >= 15 is 0 Å². The van der Waals surface area contributed by atoms with Crippen LogP contribution in [-0.4, -0.2) is 19.6 Å². The van der Waals surface area contributed by atoms with E-state index in [4.69, 9.17) is 5.73 Å². The quantitative estimate of drug-likeness (QED) is 0.564. The predicted octanol–water partition coefficient (Wildman–Crippen LogP) is 0.860. The van der Waals surface area contributed by atoms with Crippen LogP contribution in [-0.2, 0) is 0 Å². The number of fused-ring (bicyclic) bond motifs is 3. The van der Waals surface area contributed by atoms with Gasteiger partial charge in [-0.15, -0.1) is 10.2 Å². The Hall–Kier alpha value is -2.17. The molecular weight excluding hydrogens is 178 g/mol. The molecule has 2 aromatic heterocycles. The number of nitrogen functional groups attached to an aromatic ring is 1. The van der Waals surface area contributed by atoms with Crippen LogP contribution in [0.15, 0.2) is 30.6 Å². The summed E-state index contributed by atoms with van der Waals surface area (Å²) in [6.45, 7) is 0. The van der Waals surface area contributed by atoms with Gasteiger partial charge in [0.2, 0.25) is 5.65 Å². The Balaban J connectivity index is 2.66. The van der Waals surface area contributed by atoms with E-state index in [1.165, 1.54) is 0 Å². The van der Waals surface area contributed by atoms with Gasteiger partial charge < -0.3 is 5.73 Å². The first-order valence-electron chi connectivity index (χ1n) is 4.20. The lowest BCUT2D eigenvalue weighted by Crippen LogP contribution is -1.97. The maximum absolute atomic E-state index is 5.73. The largest absolute Gasteiger partial charge is 0.381 e. The van der Waals surface area contributed by atoms with Gasteiger partial charge in [-0.25, -0.2) is 4.98 Å². The van der Waals surface area contributed by atoms with Crippen molar-refractivity contribution in [2.75, 3.05) is 5.73 Å². The number of hydrogen-bond donors (Lipinski definition) is 1. The van der Waals surface area contributed by atoms with E-state index in [0.29, 0.717) is 11.5 Å². The fourth-order valence-corrected chi connectivity index (χ4v) is 1.53. The van der Waals surface area contributed by atoms with Gasteiger partial charge in [-0.2, -0.15) is 0 Å². The van der Waals surface area contributed by atoms with Gasteiger partial charge in [0.1, 0.15) is 6.33 Å². The number of nitrogens with two attached hydrogens (primary N) is 1. The summed E-state index contributed by atoms with van der Waals surface area (Å²) in [4.78, 5) is 4.23. The van der Waals surface area contributed by atoms with Crippen LogP contribution in [0.4, 0.5) is 5.82 Å². The monoisotopic (exact) mass is 185 g/mol. The van der Waals surface area contributed by atoms with Crippen molar-refractivity contribution in [3.05, 3.63) is 30.6 Å².